The summed E-state index contributed by atoms with van der Waals surface area (Å²) < 4.78 is 5.35. The van der Waals surface area contributed by atoms with E-state index in [4.69, 9.17) is 10.3 Å². The zero-order valence-electron chi connectivity index (χ0n) is 12.5. The molecule has 21 heavy (non-hydrogen) atoms. The second kappa shape index (κ2) is 5.07. The molecule has 0 aliphatic rings. The second-order valence-corrected chi connectivity index (χ2v) is 6.55. The van der Waals surface area contributed by atoms with Crippen molar-refractivity contribution in [2.75, 3.05) is 5.73 Å². The molecule has 0 unspecified atom stereocenters. The lowest BCUT2D eigenvalue weighted by Crippen LogP contribution is -1.96. The van der Waals surface area contributed by atoms with Crippen LogP contribution in [0, 0.1) is 19.8 Å². The Balaban J connectivity index is 2.11. The molecule has 0 aliphatic carbocycles. The van der Waals surface area contributed by atoms with Crippen molar-refractivity contribution >= 4 is 27.2 Å². The van der Waals surface area contributed by atoms with Crippen LogP contribution in [0.25, 0.3) is 21.0 Å². The van der Waals surface area contributed by atoms with E-state index in [1.165, 1.54) is 11.3 Å². The number of hydrogen-bond acceptors (Lipinski definition) is 7. The summed E-state index contributed by atoms with van der Waals surface area (Å²) in [5.41, 5.74) is 8.83. The highest BCUT2D eigenvalue weighted by Gasteiger charge is 2.20. The molecule has 3 rings (SSSR count). The molecule has 0 spiro atoms. The van der Waals surface area contributed by atoms with Crippen LogP contribution in [0.3, 0.4) is 0 Å². The van der Waals surface area contributed by atoms with Crippen LogP contribution in [-0.2, 0) is 6.42 Å². The Bertz CT molecular complexity index is 805. The lowest BCUT2D eigenvalue weighted by molar-refractivity contribution is 0.418. The van der Waals surface area contributed by atoms with Crippen molar-refractivity contribution in [2.45, 2.75) is 34.1 Å². The van der Waals surface area contributed by atoms with Crippen molar-refractivity contribution in [3.05, 3.63) is 17.1 Å². The summed E-state index contributed by atoms with van der Waals surface area (Å²) in [6, 6.07) is 0. The number of rotatable bonds is 3. The van der Waals surface area contributed by atoms with Gasteiger partial charge in [0.1, 0.15) is 9.71 Å². The number of anilines is 1. The summed E-state index contributed by atoms with van der Waals surface area (Å²) in [6.45, 7) is 8.15. The standard InChI is InChI=1S/C14H17N5OS/c1-6(2)5-9-16-13(20-19-9)12-11(15)10-7(3)8(4)17-18-14(10)21-12/h6H,5,15H2,1-4H3. The number of fused-ring (bicyclic) bond motifs is 1. The van der Waals surface area contributed by atoms with Gasteiger partial charge in [0.2, 0.25) is 0 Å². The third kappa shape index (κ3) is 2.37. The van der Waals surface area contributed by atoms with E-state index in [0.29, 0.717) is 23.3 Å². The molecule has 0 saturated heterocycles. The monoisotopic (exact) mass is 303 g/mol. The van der Waals surface area contributed by atoms with Gasteiger partial charge >= 0.3 is 0 Å². The molecule has 3 heterocycles. The van der Waals surface area contributed by atoms with Gasteiger partial charge in [0.25, 0.3) is 5.89 Å². The lowest BCUT2D eigenvalue weighted by Gasteiger charge is -1.99. The molecule has 0 aromatic carbocycles. The summed E-state index contributed by atoms with van der Waals surface area (Å²) >= 11 is 1.44. The summed E-state index contributed by atoms with van der Waals surface area (Å²) in [7, 11) is 0. The average molecular weight is 303 g/mol. The molecule has 110 valence electrons. The van der Waals surface area contributed by atoms with Crippen molar-refractivity contribution in [3.63, 3.8) is 0 Å². The van der Waals surface area contributed by atoms with Crippen LogP contribution < -0.4 is 5.73 Å². The molecular formula is C14H17N5OS. The highest BCUT2D eigenvalue weighted by molar-refractivity contribution is 7.22. The third-order valence-electron chi connectivity index (χ3n) is 3.39. The molecule has 7 heteroatoms. The lowest BCUT2D eigenvalue weighted by atomic mass is 10.1. The quantitative estimate of drug-likeness (QED) is 0.799. The van der Waals surface area contributed by atoms with Crippen molar-refractivity contribution in [1.29, 1.82) is 0 Å². The van der Waals surface area contributed by atoms with Crippen LogP contribution in [0.4, 0.5) is 5.69 Å². The first kappa shape index (κ1) is 13.9. The molecule has 3 aromatic heterocycles. The van der Waals surface area contributed by atoms with Crippen LogP contribution in [-0.4, -0.2) is 20.3 Å². The second-order valence-electron chi connectivity index (χ2n) is 5.55. The summed E-state index contributed by atoms with van der Waals surface area (Å²) in [5.74, 6) is 1.64. The van der Waals surface area contributed by atoms with E-state index in [-0.39, 0.29) is 0 Å². The fourth-order valence-corrected chi connectivity index (χ4v) is 3.22. The van der Waals surface area contributed by atoms with Crippen LogP contribution in [0.15, 0.2) is 4.52 Å². The fourth-order valence-electron chi connectivity index (χ4n) is 2.19. The van der Waals surface area contributed by atoms with Gasteiger partial charge in [-0.2, -0.15) is 10.1 Å². The van der Waals surface area contributed by atoms with Gasteiger partial charge in [-0.05, 0) is 25.3 Å². The molecule has 0 fully saturated rings. The molecular weight excluding hydrogens is 286 g/mol. The Labute approximate surface area is 126 Å². The summed E-state index contributed by atoms with van der Waals surface area (Å²) in [6.07, 6.45) is 0.784. The highest BCUT2D eigenvalue weighted by atomic mass is 32.1. The smallest absolute Gasteiger partial charge is 0.270 e. The van der Waals surface area contributed by atoms with Crippen LogP contribution >= 0.6 is 11.3 Å². The predicted molar refractivity (Wildman–Crippen MR) is 83.1 cm³/mol. The Morgan fingerprint density at radius 3 is 2.71 bits per heavy atom. The van der Waals surface area contributed by atoms with E-state index >= 15 is 0 Å². The van der Waals surface area contributed by atoms with E-state index in [2.05, 4.69) is 34.2 Å². The van der Waals surface area contributed by atoms with E-state index in [1.807, 2.05) is 13.8 Å². The predicted octanol–water partition coefficient (Wildman–Crippen LogP) is 3.14. The number of thiophene rings is 1. The van der Waals surface area contributed by atoms with Crippen molar-refractivity contribution in [3.8, 4) is 10.8 Å². The molecule has 0 radical (unpaired) electrons. The molecule has 0 aliphatic heterocycles. The van der Waals surface area contributed by atoms with Gasteiger partial charge in [0, 0.05) is 11.8 Å². The largest absolute Gasteiger partial charge is 0.397 e. The summed E-state index contributed by atoms with van der Waals surface area (Å²) in [4.78, 5) is 6.01. The Morgan fingerprint density at radius 2 is 2.00 bits per heavy atom. The first-order valence-corrected chi connectivity index (χ1v) is 7.63. The molecule has 0 atom stereocenters. The van der Waals surface area contributed by atoms with E-state index in [9.17, 15) is 0 Å². The van der Waals surface area contributed by atoms with E-state index in [1.54, 1.807) is 0 Å². The van der Waals surface area contributed by atoms with Gasteiger partial charge in [-0.15, -0.1) is 16.4 Å². The Morgan fingerprint density at radius 1 is 1.24 bits per heavy atom. The number of nitrogen functional groups attached to an aromatic ring is 1. The van der Waals surface area contributed by atoms with Gasteiger partial charge in [0.15, 0.2) is 5.82 Å². The Hall–Kier alpha value is -2.02. The maximum absolute atomic E-state index is 6.27. The first-order valence-electron chi connectivity index (χ1n) is 6.82. The molecule has 6 nitrogen and oxygen atoms in total. The minimum atomic E-state index is 0.461. The number of nitrogens with two attached hydrogens (primary N) is 1. The van der Waals surface area contributed by atoms with Gasteiger partial charge in [-0.1, -0.05) is 19.0 Å². The van der Waals surface area contributed by atoms with E-state index < -0.39 is 0 Å². The highest BCUT2D eigenvalue weighted by Crippen LogP contribution is 2.40. The molecule has 0 amide bonds. The van der Waals surface area contributed by atoms with Crippen LogP contribution in [0.5, 0.6) is 0 Å². The van der Waals surface area contributed by atoms with Crippen LogP contribution in [0.2, 0.25) is 0 Å². The summed E-state index contributed by atoms with van der Waals surface area (Å²) in [5, 5.41) is 13.3. The number of hydrogen-bond donors (Lipinski definition) is 1. The third-order valence-corrected chi connectivity index (χ3v) is 4.47. The normalized spacial score (nSPS) is 11.7. The number of nitrogens with zero attached hydrogens (tertiary/aromatic N) is 4. The SMILES string of the molecule is Cc1nnc2sc(-c3nc(CC(C)C)no3)c(N)c2c1C. The molecule has 2 N–H and O–H groups in total. The van der Waals surface area contributed by atoms with Gasteiger partial charge in [0.05, 0.1) is 11.4 Å². The number of aryl methyl sites for hydroxylation is 2. The Kier molecular flexibility index (Phi) is 3.36. The van der Waals surface area contributed by atoms with Gasteiger partial charge in [-0.25, -0.2) is 0 Å². The maximum Gasteiger partial charge on any atom is 0.270 e. The molecule has 0 saturated carbocycles. The maximum atomic E-state index is 6.27. The minimum Gasteiger partial charge on any atom is -0.397 e. The molecule has 3 aromatic rings. The first-order chi connectivity index (χ1) is 9.97. The van der Waals surface area contributed by atoms with Crippen LogP contribution in [0.1, 0.15) is 30.9 Å². The zero-order valence-corrected chi connectivity index (χ0v) is 13.3. The van der Waals surface area contributed by atoms with Crippen molar-refractivity contribution < 1.29 is 4.52 Å². The van der Waals surface area contributed by atoms with Crippen molar-refractivity contribution in [2.24, 2.45) is 5.92 Å². The topological polar surface area (TPSA) is 90.7 Å². The van der Waals surface area contributed by atoms with Crippen molar-refractivity contribution in [1.82, 2.24) is 20.3 Å². The minimum absolute atomic E-state index is 0.461. The van der Waals surface area contributed by atoms with Gasteiger partial charge in [-0.3, -0.25) is 0 Å². The fraction of sp³-hybridized carbons (Fsp3) is 0.429. The van der Waals surface area contributed by atoms with E-state index in [0.717, 1.165) is 32.8 Å². The molecule has 0 bridgehead atoms. The zero-order chi connectivity index (χ0) is 15.1. The van der Waals surface area contributed by atoms with Gasteiger partial charge < -0.3 is 10.3 Å². The average Bonchev–Trinajstić information content (AvgIpc) is 2.98. The number of aromatic nitrogens is 4.